The first kappa shape index (κ1) is 18.2. The van der Waals surface area contributed by atoms with E-state index in [2.05, 4.69) is 0 Å². The van der Waals surface area contributed by atoms with Crippen molar-refractivity contribution in [3.63, 3.8) is 0 Å². The van der Waals surface area contributed by atoms with Gasteiger partial charge in [0.15, 0.2) is 0 Å². The van der Waals surface area contributed by atoms with Gasteiger partial charge < -0.3 is 9.84 Å². The molecule has 1 spiro atoms. The zero-order valence-corrected chi connectivity index (χ0v) is 16.6. The van der Waals surface area contributed by atoms with Crippen LogP contribution in [-0.4, -0.2) is 16.1 Å². The van der Waals surface area contributed by atoms with Crippen molar-refractivity contribution in [1.29, 1.82) is 0 Å². The molecule has 2 aromatic carbocycles. The standard InChI is InChI=1S/C24H24FNO4/c25-20-10-16(4-8-21(20)26(28)29)30-22-12-24-11-14(24)2-7-19(24)18-5-1-13-9-15(27)3-6-17(13)23(18)22/h3-4,6,8-10,14,18-19,22-23,27H,1-2,5,7,11-12H2/t14-,18?,19?,22+,23-,24?/m1/s1. The fraction of sp³-hybridized carbons (Fsp3) is 0.500. The third kappa shape index (κ3) is 2.52. The van der Waals surface area contributed by atoms with Crippen LogP contribution in [-0.2, 0) is 6.42 Å². The molecule has 4 aliphatic rings. The van der Waals surface area contributed by atoms with Crippen molar-refractivity contribution >= 4 is 5.69 Å². The van der Waals surface area contributed by atoms with Crippen molar-refractivity contribution in [1.82, 2.24) is 0 Å². The molecule has 0 bridgehead atoms. The number of phenols is 1. The molecule has 0 aliphatic heterocycles. The van der Waals surface area contributed by atoms with Crippen LogP contribution in [0.2, 0.25) is 0 Å². The minimum Gasteiger partial charge on any atom is -0.508 e. The van der Waals surface area contributed by atoms with Gasteiger partial charge in [-0.15, -0.1) is 0 Å². The molecule has 0 amide bonds. The van der Waals surface area contributed by atoms with E-state index >= 15 is 0 Å². The Morgan fingerprint density at radius 1 is 1.13 bits per heavy atom. The highest BCUT2D eigenvalue weighted by Gasteiger charge is 2.68. The van der Waals surface area contributed by atoms with E-state index < -0.39 is 16.4 Å². The molecule has 6 heteroatoms. The maximum Gasteiger partial charge on any atom is 0.305 e. The molecule has 4 aliphatic carbocycles. The molecule has 1 N–H and O–H groups in total. The Balaban J connectivity index is 1.38. The van der Waals surface area contributed by atoms with Crippen molar-refractivity contribution in [3.8, 4) is 11.5 Å². The monoisotopic (exact) mass is 409 g/mol. The number of aromatic hydroxyl groups is 1. The summed E-state index contributed by atoms with van der Waals surface area (Å²) in [5.41, 5.74) is 2.27. The Bertz CT molecular complexity index is 1060. The van der Waals surface area contributed by atoms with Crippen molar-refractivity contribution in [3.05, 3.63) is 63.5 Å². The third-order valence-corrected chi connectivity index (χ3v) is 8.44. The molecule has 0 saturated heterocycles. The summed E-state index contributed by atoms with van der Waals surface area (Å²) in [6.07, 6.45) is 6.81. The van der Waals surface area contributed by atoms with Crippen molar-refractivity contribution in [2.45, 2.75) is 50.5 Å². The third-order valence-electron chi connectivity index (χ3n) is 8.44. The first-order valence-corrected chi connectivity index (χ1v) is 10.9. The first-order valence-electron chi connectivity index (χ1n) is 10.9. The van der Waals surface area contributed by atoms with E-state index in [0.717, 1.165) is 37.2 Å². The Labute approximate surface area is 174 Å². The topological polar surface area (TPSA) is 72.6 Å². The lowest BCUT2D eigenvalue weighted by Gasteiger charge is -2.49. The number of hydrogen-bond donors (Lipinski definition) is 1. The molecule has 2 aromatic rings. The number of fused-ring (bicyclic) bond motifs is 4. The van der Waals surface area contributed by atoms with Gasteiger partial charge in [0.2, 0.25) is 5.82 Å². The highest BCUT2D eigenvalue weighted by molar-refractivity contribution is 5.43. The number of rotatable bonds is 3. The summed E-state index contributed by atoms with van der Waals surface area (Å²) in [4.78, 5) is 10.2. The minimum atomic E-state index is -0.861. The highest BCUT2D eigenvalue weighted by Crippen LogP contribution is 2.75. The van der Waals surface area contributed by atoms with E-state index in [0.29, 0.717) is 17.1 Å². The zero-order valence-electron chi connectivity index (χ0n) is 16.6. The van der Waals surface area contributed by atoms with Crippen LogP contribution in [0.25, 0.3) is 0 Å². The number of ether oxygens (including phenoxy) is 1. The maximum absolute atomic E-state index is 14.2. The van der Waals surface area contributed by atoms with Gasteiger partial charge in [0.25, 0.3) is 0 Å². The van der Waals surface area contributed by atoms with Crippen LogP contribution in [0.3, 0.4) is 0 Å². The summed E-state index contributed by atoms with van der Waals surface area (Å²) < 4.78 is 20.6. The van der Waals surface area contributed by atoms with E-state index in [9.17, 15) is 19.6 Å². The molecular formula is C24H24FNO4. The summed E-state index contributed by atoms with van der Waals surface area (Å²) in [5.74, 6) is 2.06. The van der Waals surface area contributed by atoms with Crippen LogP contribution in [0.4, 0.5) is 10.1 Å². The Hall–Kier alpha value is -2.63. The smallest absolute Gasteiger partial charge is 0.305 e. The molecule has 30 heavy (non-hydrogen) atoms. The lowest BCUT2D eigenvalue weighted by Crippen LogP contribution is -2.46. The number of halogens is 1. The van der Waals surface area contributed by atoms with Crippen LogP contribution < -0.4 is 4.74 Å². The normalized spacial score (nSPS) is 35.6. The number of hydrogen-bond acceptors (Lipinski definition) is 4. The van der Waals surface area contributed by atoms with Crippen molar-refractivity contribution in [2.24, 2.45) is 23.2 Å². The highest BCUT2D eigenvalue weighted by atomic mass is 19.1. The molecule has 3 saturated carbocycles. The maximum atomic E-state index is 14.2. The van der Waals surface area contributed by atoms with Crippen molar-refractivity contribution < 1.29 is 19.2 Å². The minimum absolute atomic E-state index is 0.0844. The number of nitro groups is 1. The van der Waals surface area contributed by atoms with E-state index in [1.807, 2.05) is 12.1 Å². The lowest BCUT2D eigenvalue weighted by atomic mass is 9.57. The molecule has 6 atom stereocenters. The Morgan fingerprint density at radius 3 is 2.77 bits per heavy atom. The number of phenolic OH excluding ortho intramolecular Hbond substituents is 1. The van der Waals surface area contributed by atoms with Crippen LogP contribution in [0, 0.1) is 39.1 Å². The second-order valence-electron chi connectivity index (χ2n) is 9.66. The van der Waals surface area contributed by atoms with E-state index in [4.69, 9.17) is 4.74 Å². The number of benzene rings is 2. The quantitative estimate of drug-likeness (QED) is 0.548. The molecule has 6 rings (SSSR count). The van der Waals surface area contributed by atoms with Gasteiger partial charge in [-0.3, -0.25) is 10.1 Å². The molecule has 0 aromatic heterocycles. The van der Waals surface area contributed by atoms with Gasteiger partial charge >= 0.3 is 5.69 Å². The van der Waals surface area contributed by atoms with Crippen LogP contribution in [0.5, 0.6) is 11.5 Å². The summed E-state index contributed by atoms with van der Waals surface area (Å²) in [6.45, 7) is 0. The van der Waals surface area contributed by atoms with E-state index in [1.165, 1.54) is 42.5 Å². The van der Waals surface area contributed by atoms with Gasteiger partial charge in [0, 0.05) is 18.1 Å². The van der Waals surface area contributed by atoms with Crippen LogP contribution in [0.15, 0.2) is 36.4 Å². The predicted molar refractivity (Wildman–Crippen MR) is 108 cm³/mol. The van der Waals surface area contributed by atoms with E-state index in [1.54, 1.807) is 6.07 Å². The SMILES string of the molecule is O=[N+]([O-])c1ccc(O[C@H]2CC34C[C@H]3CCC4C3CCc4cc(O)ccc4[C@H]32)cc1F. The summed E-state index contributed by atoms with van der Waals surface area (Å²) in [5, 5.41) is 20.9. The lowest BCUT2D eigenvalue weighted by molar-refractivity contribution is -0.387. The molecule has 5 nitrogen and oxygen atoms in total. The number of nitrogens with zero attached hydrogens (tertiary/aromatic N) is 1. The summed E-state index contributed by atoms with van der Waals surface area (Å²) >= 11 is 0. The zero-order chi connectivity index (χ0) is 20.6. The molecule has 0 heterocycles. The molecule has 3 unspecified atom stereocenters. The molecular weight excluding hydrogens is 385 g/mol. The number of nitro benzene ring substituents is 1. The summed E-state index contributed by atoms with van der Waals surface area (Å²) in [7, 11) is 0. The van der Waals surface area contributed by atoms with Crippen LogP contribution >= 0.6 is 0 Å². The molecule has 3 fully saturated rings. The Morgan fingerprint density at radius 2 is 2.00 bits per heavy atom. The average molecular weight is 409 g/mol. The number of aryl methyl sites for hydroxylation is 1. The fourth-order valence-electron chi connectivity index (χ4n) is 7.25. The van der Waals surface area contributed by atoms with Gasteiger partial charge in [-0.25, -0.2) is 0 Å². The van der Waals surface area contributed by atoms with Gasteiger partial charge in [0.1, 0.15) is 17.6 Å². The fourth-order valence-corrected chi connectivity index (χ4v) is 7.25. The second kappa shape index (κ2) is 6.19. The first-order chi connectivity index (χ1) is 14.5. The second-order valence-corrected chi connectivity index (χ2v) is 9.66. The van der Waals surface area contributed by atoms with E-state index in [-0.39, 0.29) is 17.8 Å². The average Bonchev–Trinajstić information content (AvgIpc) is 3.27. The van der Waals surface area contributed by atoms with Gasteiger partial charge in [-0.2, -0.15) is 4.39 Å². The van der Waals surface area contributed by atoms with Gasteiger partial charge in [0.05, 0.1) is 4.92 Å². The Kier molecular flexibility index (Phi) is 3.75. The van der Waals surface area contributed by atoms with Gasteiger partial charge in [-0.1, -0.05) is 6.07 Å². The van der Waals surface area contributed by atoms with Gasteiger partial charge in [-0.05, 0) is 91.0 Å². The summed E-state index contributed by atoms with van der Waals surface area (Å²) in [6, 6.07) is 9.51. The molecule has 156 valence electrons. The molecule has 0 radical (unpaired) electrons. The predicted octanol–water partition coefficient (Wildman–Crippen LogP) is 5.35. The van der Waals surface area contributed by atoms with Crippen LogP contribution in [0.1, 0.15) is 49.1 Å². The van der Waals surface area contributed by atoms with Crippen molar-refractivity contribution in [2.75, 3.05) is 0 Å². The largest absolute Gasteiger partial charge is 0.508 e.